The fourth-order valence-corrected chi connectivity index (χ4v) is 1.80. The predicted molar refractivity (Wildman–Crippen MR) is 79.2 cm³/mol. The highest BCUT2D eigenvalue weighted by Crippen LogP contribution is 2.16. The van der Waals surface area contributed by atoms with Crippen LogP contribution in [0.5, 0.6) is 0 Å². The van der Waals surface area contributed by atoms with E-state index in [2.05, 4.69) is 38.3 Å². The molecule has 2 rings (SSSR count). The van der Waals surface area contributed by atoms with Crippen molar-refractivity contribution >= 4 is 39.9 Å². The van der Waals surface area contributed by atoms with E-state index in [0.717, 1.165) is 9.26 Å². The average molecular weight is 354 g/mol. The monoisotopic (exact) mass is 354 g/mol. The maximum absolute atomic E-state index is 12.0. The van der Waals surface area contributed by atoms with Crippen LogP contribution in [0.2, 0.25) is 0 Å². The zero-order chi connectivity index (χ0) is 13.0. The van der Waals surface area contributed by atoms with Crippen molar-refractivity contribution in [2.75, 3.05) is 10.7 Å². The summed E-state index contributed by atoms with van der Waals surface area (Å²) >= 11 is 2.21. The fourth-order valence-electron chi connectivity index (χ4n) is 1.44. The van der Waals surface area contributed by atoms with Crippen LogP contribution in [0.25, 0.3) is 0 Å². The molecular weight excluding hydrogens is 343 g/mol. The number of hydrogen-bond donors (Lipinski definition) is 3. The van der Waals surface area contributed by atoms with Crippen molar-refractivity contribution in [2.24, 2.45) is 5.84 Å². The van der Waals surface area contributed by atoms with Gasteiger partial charge in [0.1, 0.15) is 0 Å². The third-order valence-corrected chi connectivity index (χ3v) is 3.04. The number of amides is 1. The van der Waals surface area contributed by atoms with Crippen molar-refractivity contribution in [3.05, 3.63) is 51.9 Å². The Balaban J connectivity index is 2.19. The Labute approximate surface area is 118 Å². The molecule has 1 aromatic carbocycles. The molecule has 2 aromatic rings. The number of nitrogens with two attached hydrogens (primary N) is 1. The van der Waals surface area contributed by atoms with E-state index in [0.29, 0.717) is 11.3 Å². The molecule has 0 radical (unpaired) electrons. The molecule has 18 heavy (non-hydrogen) atoms. The Hall–Kier alpha value is -1.67. The molecule has 0 spiro atoms. The van der Waals surface area contributed by atoms with Gasteiger partial charge in [0, 0.05) is 15.5 Å². The lowest BCUT2D eigenvalue weighted by Crippen LogP contribution is -2.17. The largest absolute Gasteiger partial charge is 0.322 e. The Morgan fingerprint density at radius 2 is 1.94 bits per heavy atom. The lowest BCUT2D eigenvalue weighted by Gasteiger charge is -2.08. The van der Waals surface area contributed by atoms with E-state index in [9.17, 15) is 4.79 Å². The van der Waals surface area contributed by atoms with Gasteiger partial charge in [-0.1, -0.05) is 0 Å². The highest BCUT2D eigenvalue weighted by atomic mass is 127. The predicted octanol–water partition coefficient (Wildman–Crippen LogP) is 2.22. The number of hydrazine groups is 1. The number of benzene rings is 1. The SMILES string of the molecule is NNc1cnccc1C(=O)Nc1ccc(I)cc1. The standard InChI is InChI=1S/C12H11IN4O/c13-8-1-3-9(4-2-8)16-12(18)10-5-6-15-7-11(10)17-14/h1-7,17H,14H2,(H,16,18). The molecule has 0 atom stereocenters. The van der Waals surface area contributed by atoms with Gasteiger partial charge in [-0.25, -0.2) is 0 Å². The summed E-state index contributed by atoms with van der Waals surface area (Å²) in [6.07, 6.45) is 3.05. The van der Waals surface area contributed by atoms with Crippen molar-refractivity contribution in [1.29, 1.82) is 0 Å². The van der Waals surface area contributed by atoms with E-state index >= 15 is 0 Å². The molecule has 0 bridgehead atoms. The van der Waals surface area contributed by atoms with Crippen LogP contribution < -0.4 is 16.6 Å². The van der Waals surface area contributed by atoms with E-state index < -0.39 is 0 Å². The van der Waals surface area contributed by atoms with E-state index in [1.165, 1.54) is 6.20 Å². The van der Waals surface area contributed by atoms with Gasteiger partial charge in [0.05, 0.1) is 17.4 Å². The quantitative estimate of drug-likeness (QED) is 0.449. The van der Waals surface area contributed by atoms with Crippen LogP contribution in [0.1, 0.15) is 10.4 Å². The topological polar surface area (TPSA) is 80.0 Å². The van der Waals surface area contributed by atoms with Crippen LogP contribution in [-0.4, -0.2) is 10.9 Å². The molecule has 0 fully saturated rings. The van der Waals surface area contributed by atoms with E-state index in [1.54, 1.807) is 12.3 Å². The molecule has 0 saturated heterocycles. The Kier molecular flexibility index (Phi) is 4.11. The lowest BCUT2D eigenvalue weighted by molar-refractivity contribution is 0.102. The molecule has 0 aliphatic rings. The number of aromatic nitrogens is 1. The van der Waals surface area contributed by atoms with Crippen molar-refractivity contribution in [1.82, 2.24) is 4.98 Å². The summed E-state index contributed by atoms with van der Waals surface area (Å²) in [5.41, 5.74) is 4.12. The molecule has 0 aliphatic carbocycles. The first-order chi connectivity index (χ1) is 8.70. The minimum atomic E-state index is -0.230. The van der Waals surface area contributed by atoms with Crippen molar-refractivity contribution in [2.45, 2.75) is 0 Å². The van der Waals surface area contributed by atoms with Gasteiger partial charge in [-0.3, -0.25) is 15.6 Å². The Bertz CT molecular complexity index is 556. The van der Waals surface area contributed by atoms with Gasteiger partial charge in [-0.15, -0.1) is 0 Å². The Morgan fingerprint density at radius 1 is 1.22 bits per heavy atom. The van der Waals surface area contributed by atoms with E-state index in [4.69, 9.17) is 5.84 Å². The summed E-state index contributed by atoms with van der Waals surface area (Å²) < 4.78 is 1.11. The van der Waals surface area contributed by atoms with Gasteiger partial charge >= 0.3 is 0 Å². The number of carbonyl (C=O) groups is 1. The van der Waals surface area contributed by atoms with Crippen LogP contribution >= 0.6 is 22.6 Å². The third kappa shape index (κ3) is 2.96. The zero-order valence-electron chi connectivity index (χ0n) is 9.35. The number of rotatable bonds is 3. The van der Waals surface area contributed by atoms with Crippen LogP contribution in [-0.2, 0) is 0 Å². The van der Waals surface area contributed by atoms with Crippen LogP contribution in [0.15, 0.2) is 42.7 Å². The number of hydrogen-bond acceptors (Lipinski definition) is 4. The summed E-state index contributed by atoms with van der Waals surface area (Å²) in [5.74, 6) is 5.10. The number of anilines is 2. The first-order valence-corrected chi connectivity index (χ1v) is 6.26. The fraction of sp³-hybridized carbons (Fsp3) is 0. The molecule has 0 saturated carbocycles. The van der Waals surface area contributed by atoms with Crippen LogP contribution in [0.4, 0.5) is 11.4 Å². The minimum absolute atomic E-state index is 0.230. The molecule has 1 aromatic heterocycles. The smallest absolute Gasteiger partial charge is 0.257 e. The maximum atomic E-state index is 12.0. The lowest BCUT2D eigenvalue weighted by atomic mass is 10.2. The Morgan fingerprint density at radius 3 is 2.61 bits per heavy atom. The van der Waals surface area contributed by atoms with Crippen LogP contribution in [0.3, 0.4) is 0 Å². The molecule has 5 nitrogen and oxygen atoms in total. The van der Waals surface area contributed by atoms with Crippen molar-refractivity contribution in [3.8, 4) is 0 Å². The summed E-state index contributed by atoms with van der Waals surface area (Å²) in [5, 5.41) is 2.79. The van der Waals surface area contributed by atoms with Gasteiger partial charge in [0.25, 0.3) is 5.91 Å². The summed E-state index contributed by atoms with van der Waals surface area (Å²) in [7, 11) is 0. The highest BCUT2D eigenvalue weighted by Gasteiger charge is 2.10. The summed E-state index contributed by atoms with van der Waals surface area (Å²) in [6, 6.07) is 9.14. The zero-order valence-corrected chi connectivity index (χ0v) is 11.5. The van der Waals surface area contributed by atoms with Gasteiger partial charge < -0.3 is 10.7 Å². The van der Waals surface area contributed by atoms with Gasteiger partial charge in [-0.2, -0.15) is 0 Å². The van der Waals surface area contributed by atoms with Crippen molar-refractivity contribution in [3.63, 3.8) is 0 Å². The number of nitrogens with one attached hydrogen (secondary N) is 2. The number of nitrogen functional groups attached to an aromatic ring is 1. The maximum Gasteiger partial charge on any atom is 0.257 e. The molecule has 1 amide bonds. The second kappa shape index (κ2) is 5.78. The molecule has 0 unspecified atom stereocenters. The number of halogens is 1. The molecule has 0 aliphatic heterocycles. The first kappa shape index (κ1) is 12.8. The summed E-state index contributed by atoms with van der Waals surface area (Å²) in [4.78, 5) is 15.9. The minimum Gasteiger partial charge on any atom is -0.322 e. The molecule has 4 N–H and O–H groups in total. The van der Waals surface area contributed by atoms with Crippen molar-refractivity contribution < 1.29 is 4.79 Å². The van der Waals surface area contributed by atoms with E-state index in [-0.39, 0.29) is 5.91 Å². The molecule has 6 heteroatoms. The average Bonchev–Trinajstić information content (AvgIpc) is 2.41. The second-order valence-electron chi connectivity index (χ2n) is 3.53. The number of pyridine rings is 1. The molecule has 92 valence electrons. The van der Waals surface area contributed by atoms with Gasteiger partial charge in [-0.05, 0) is 52.9 Å². The van der Waals surface area contributed by atoms with Crippen LogP contribution in [0, 0.1) is 3.57 Å². The number of nitrogens with zero attached hydrogens (tertiary/aromatic N) is 1. The molecular formula is C12H11IN4O. The first-order valence-electron chi connectivity index (χ1n) is 5.18. The normalized spacial score (nSPS) is 9.89. The van der Waals surface area contributed by atoms with E-state index in [1.807, 2.05) is 24.3 Å². The van der Waals surface area contributed by atoms with Gasteiger partial charge in [0.15, 0.2) is 0 Å². The second-order valence-corrected chi connectivity index (χ2v) is 4.77. The van der Waals surface area contributed by atoms with Gasteiger partial charge in [0.2, 0.25) is 0 Å². The third-order valence-electron chi connectivity index (χ3n) is 2.32. The highest BCUT2D eigenvalue weighted by molar-refractivity contribution is 14.1. The number of carbonyl (C=O) groups excluding carboxylic acids is 1. The molecule has 1 heterocycles. The summed E-state index contributed by atoms with van der Waals surface area (Å²) in [6.45, 7) is 0.